The fourth-order valence-corrected chi connectivity index (χ4v) is 1.61. The SMILES string of the molecule is Fc1cc(Nc2ccnc(Cl)c2)ccc1OC(F)(F)F. The smallest absolute Gasteiger partial charge is 0.403 e. The summed E-state index contributed by atoms with van der Waals surface area (Å²) in [5.74, 6) is -2.02. The molecule has 0 radical (unpaired) electrons. The summed E-state index contributed by atoms with van der Waals surface area (Å²) in [6, 6.07) is 6.07. The van der Waals surface area contributed by atoms with Crippen molar-refractivity contribution in [2.75, 3.05) is 5.32 Å². The van der Waals surface area contributed by atoms with Gasteiger partial charge in [0, 0.05) is 23.6 Å². The Morgan fingerprint density at radius 3 is 2.40 bits per heavy atom. The standard InChI is InChI=1S/C12H7ClF4N2O/c13-11-6-8(3-4-18-11)19-7-1-2-10(9(14)5-7)20-12(15,16)17/h1-6H,(H,18,19). The van der Waals surface area contributed by atoms with Crippen molar-refractivity contribution in [1.29, 1.82) is 0 Å². The maximum atomic E-state index is 13.5. The molecule has 1 heterocycles. The van der Waals surface area contributed by atoms with Gasteiger partial charge in [-0.3, -0.25) is 0 Å². The van der Waals surface area contributed by atoms with E-state index in [1.165, 1.54) is 18.3 Å². The molecule has 0 saturated carbocycles. The quantitative estimate of drug-likeness (QED) is 0.669. The summed E-state index contributed by atoms with van der Waals surface area (Å²) in [7, 11) is 0. The monoisotopic (exact) mass is 306 g/mol. The number of pyridine rings is 1. The molecule has 20 heavy (non-hydrogen) atoms. The average Bonchev–Trinajstić information content (AvgIpc) is 2.31. The predicted octanol–water partition coefficient (Wildman–Crippen LogP) is 4.52. The molecule has 1 N–H and O–H groups in total. The van der Waals surface area contributed by atoms with Crippen molar-refractivity contribution in [3.05, 3.63) is 47.5 Å². The largest absolute Gasteiger partial charge is 0.573 e. The number of benzene rings is 1. The molecule has 8 heteroatoms. The van der Waals surface area contributed by atoms with E-state index in [-0.39, 0.29) is 10.8 Å². The summed E-state index contributed by atoms with van der Waals surface area (Å²) in [5.41, 5.74) is 0.771. The van der Waals surface area contributed by atoms with Crippen LogP contribution in [0.4, 0.5) is 28.9 Å². The van der Waals surface area contributed by atoms with Crippen molar-refractivity contribution < 1.29 is 22.3 Å². The van der Waals surface area contributed by atoms with Gasteiger partial charge in [-0.05, 0) is 24.3 Å². The van der Waals surface area contributed by atoms with Gasteiger partial charge in [0.05, 0.1) is 0 Å². The van der Waals surface area contributed by atoms with E-state index in [9.17, 15) is 17.6 Å². The van der Waals surface area contributed by atoms with Gasteiger partial charge >= 0.3 is 6.36 Å². The van der Waals surface area contributed by atoms with Crippen LogP contribution in [0.2, 0.25) is 5.15 Å². The molecule has 0 unspecified atom stereocenters. The Balaban J connectivity index is 2.17. The van der Waals surface area contributed by atoms with Gasteiger partial charge in [0.2, 0.25) is 0 Å². The molecule has 0 aliphatic rings. The second kappa shape index (κ2) is 5.54. The van der Waals surface area contributed by atoms with Gasteiger partial charge in [-0.25, -0.2) is 9.37 Å². The van der Waals surface area contributed by atoms with Gasteiger partial charge in [0.25, 0.3) is 0 Å². The number of hydrogen-bond acceptors (Lipinski definition) is 3. The lowest BCUT2D eigenvalue weighted by Gasteiger charge is -2.11. The highest BCUT2D eigenvalue weighted by molar-refractivity contribution is 6.29. The average molecular weight is 307 g/mol. The number of hydrogen-bond donors (Lipinski definition) is 1. The molecule has 0 atom stereocenters. The van der Waals surface area contributed by atoms with Crippen LogP contribution >= 0.6 is 11.6 Å². The fraction of sp³-hybridized carbons (Fsp3) is 0.0833. The zero-order valence-corrected chi connectivity index (χ0v) is 10.5. The summed E-state index contributed by atoms with van der Waals surface area (Å²) >= 11 is 5.67. The van der Waals surface area contributed by atoms with Gasteiger partial charge in [-0.15, -0.1) is 13.2 Å². The first-order valence-corrected chi connectivity index (χ1v) is 5.65. The maximum absolute atomic E-state index is 13.5. The zero-order valence-electron chi connectivity index (χ0n) is 9.71. The van der Waals surface area contributed by atoms with Crippen molar-refractivity contribution in [3.63, 3.8) is 0 Å². The topological polar surface area (TPSA) is 34.2 Å². The summed E-state index contributed by atoms with van der Waals surface area (Å²) in [4.78, 5) is 3.76. The minimum atomic E-state index is -4.94. The Morgan fingerprint density at radius 2 is 1.80 bits per heavy atom. The van der Waals surface area contributed by atoms with E-state index in [1.807, 2.05) is 0 Å². The lowest BCUT2D eigenvalue weighted by molar-refractivity contribution is -0.275. The third kappa shape index (κ3) is 3.99. The van der Waals surface area contributed by atoms with Gasteiger partial charge in [0.15, 0.2) is 11.6 Å². The van der Waals surface area contributed by atoms with Crippen LogP contribution in [-0.2, 0) is 0 Å². The lowest BCUT2D eigenvalue weighted by atomic mass is 10.2. The Kier molecular flexibility index (Phi) is 3.99. The molecule has 1 aromatic carbocycles. The minimum absolute atomic E-state index is 0.229. The number of ether oxygens (including phenoxy) is 1. The molecule has 0 spiro atoms. The van der Waals surface area contributed by atoms with E-state index >= 15 is 0 Å². The minimum Gasteiger partial charge on any atom is -0.403 e. The van der Waals surface area contributed by atoms with Crippen LogP contribution in [0, 0.1) is 5.82 Å². The van der Waals surface area contributed by atoms with Gasteiger partial charge < -0.3 is 10.1 Å². The number of nitrogens with one attached hydrogen (secondary N) is 1. The zero-order chi connectivity index (χ0) is 14.8. The molecule has 0 aliphatic heterocycles. The summed E-state index contributed by atoms with van der Waals surface area (Å²) in [6.07, 6.45) is -3.50. The van der Waals surface area contributed by atoms with E-state index in [0.717, 1.165) is 12.1 Å². The van der Waals surface area contributed by atoms with Crippen LogP contribution in [0.3, 0.4) is 0 Å². The molecule has 0 amide bonds. The fourth-order valence-electron chi connectivity index (χ4n) is 1.43. The molecule has 106 valence electrons. The van der Waals surface area contributed by atoms with Gasteiger partial charge in [-0.2, -0.15) is 0 Å². The van der Waals surface area contributed by atoms with Crippen molar-refractivity contribution in [2.45, 2.75) is 6.36 Å². The van der Waals surface area contributed by atoms with Crippen molar-refractivity contribution >= 4 is 23.0 Å². The van der Waals surface area contributed by atoms with Crippen LogP contribution in [-0.4, -0.2) is 11.3 Å². The van der Waals surface area contributed by atoms with Crippen molar-refractivity contribution in [3.8, 4) is 5.75 Å². The van der Waals surface area contributed by atoms with E-state index in [0.29, 0.717) is 5.69 Å². The van der Waals surface area contributed by atoms with Crippen LogP contribution in [0.1, 0.15) is 0 Å². The van der Waals surface area contributed by atoms with E-state index in [2.05, 4.69) is 15.0 Å². The third-order valence-electron chi connectivity index (χ3n) is 2.17. The first kappa shape index (κ1) is 14.4. The predicted molar refractivity (Wildman–Crippen MR) is 65.6 cm³/mol. The van der Waals surface area contributed by atoms with E-state index in [4.69, 9.17) is 11.6 Å². The van der Waals surface area contributed by atoms with Crippen LogP contribution in [0.5, 0.6) is 5.75 Å². The summed E-state index contributed by atoms with van der Waals surface area (Å²) in [5, 5.41) is 3.00. The van der Waals surface area contributed by atoms with Crippen LogP contribution in [0.15, 0.2) is 36.5 Å². The molecule has 2 aromatic rings. The second-order valence-corrected chi connectivity index (χ2v) is 4.07. The number of halogens is 5. The molecule has 1 aromatic heterocycles. The normalized spacial score (nSPS) is 11.2. The molecule has 0 saturated heterocycles. The van der Waals surface area contributed by atoms with Gasteiger partial charge in [0.1, 0.15) is 5.15 Å². The Hall–Kier alpha value is -2.02. The number of alkyl halides is 3. The molecule has 2 rings (SSSR count). The lowest BCUT2D eigenvalue weighted by Crippen LogP contribution is -2.17. The third-order valence-corrected chi connectivity index (χ3v) is 2.38. The molecule has 3 nitrogen and oxygen atoms in total. The Bertz CT molecular complexity index is 619. The highest BCUT2D eigenvalue weighted by atomic mass is 35.5. The van der Waals surface area contributed by atoms with E-state index < -0.39 is 17.9 Å². The second-order valence-electron chi connectivity index (χ2n) is 3.69. The highest BCUT2D eigenvalue weighted by Gasteiger charge is 2.32. The number of nitrogens with zero attached hydrogens (tertiary/aromatic N) is 1. The highest BCUT2D eigenvalue weighted by Crippen LogP contribution is 2.28. The molecular weight excluding hydrogens is 300 g/mol. The number of anilines is 2. The van der Waals surface area contributed by atoms with Crippen molar-refractivity contribution in [2.24, 2.45) is 0 Å². The van der Waals surface area contributed by atoms with Gasteiger partial charge in [-0.1, -0.05) is 11.6 Å². The summed E-state index contributed by atoms with van der Waals surface area (Å²) in [6.45, 7) is 0. The molecular formula is C12H7ClF4N2O. The van der Waals surface area contributed by atoms with Crippen molar-refractivity contribution in [1.82, 2.24) is 4.98 Å². The molecule has 0 aliphatic carbocycles. The first-order valence-electron chi connectivity index (χ1n) is 5.27. The Morgan fingerprint density at radius 1 is 1.10 bits per heavy atom. The molecule has 0 bridgehead atoms. The summed E-state index contributed by atoms with van der Waals surface area (Å²) < 4.78 is 52.9. The number of aromatic nitrogens is 1. The maximum Gasteiger partial charge on any atom is 0.573 e. The molecule has 0 fully saturated rings. The number of rotatable bonds is 3. The van der Waals surface area contributed by atoms with E-state index in [1.54, 1.807) is 6.07 Å². The Labute approximate surface area is 116 Å². The van der Waals surface area contributed by atoms with Crippen LogP contribution < -0.4 is 10.1 Å². The first-order chi connectivity index (χ1) is 9.33. The van der Waals surface area contributed by atoms with Crippen LogP contribution in [0.25, 0.3) is 0 Å².